The van der Waals surface area contributed by atoms with Crippen LogP contribution in [0, 0.1) is 0 Å². The lowest BCUT2D eigenvalue weighted by atomic mass is 9.96. The van der Waals surface area contributed by atoms with Gasteiger partial charge in [-0.05, 0) is 36.8 Å². The maximum absolute atomic E-state index is 12.4. The summed E-state index contributed by atoms with van der Waals surface area (Å²) in [6.07, 6.45) is 8.57. The van der Waals surface area contributed by atoms with Gasteiger partial charge in [0, 0.05) is 44.4 Å². The van der Waals surface area contributed by atoms with Gasteiger partial charge in [0.2, 0.25) is 5.95 Å². The molecule has 0 radical (unpaired) electrons. The number of carbonyl (C=O) groups excluding carboxylic acids is 1. The lowest BCUT2D eigenvalue weighted by molar-refractivity contribution is -0.120. The van der Waals surface area contributed by atoms with Crippen LogP contribution >= 0.6 is 0 Å². The first-order chi connectivity index (χ1) is 13.2. The summed E-state index contributed by atoms with van der Waals surface area (Å²) in [6.45, 7) is 5.17. The van der Waals surface area contributed by atoms with Gasteiger partial charge in [-0.2, -0.15) is 0 Å². The number of rotatable bonds is 9. The SMILES string of the molecule is C[C@H](C(=O)CCCOCc1ccccc1)c1cnc(N2CCCCC2)nc1. The van der Waals surface area contributed by atoms with Crippen molar-refractivity contribution in [1.29, 1.82) is 0 Å². The highest BCUT2D eigenvalue weighted by Crippen LogP contribution is 2.20. The van der Waals surface area contributed by atoms with Gasteiger partial charge in [-0.1, -0.05) is 37.3 Å². The van der Waals surface area contributed by atoms with E-state index in [0.717, 1.165) is 36.6 Å². The van der Waals surface area contributed by atoms with Crippen LogP contribution in [0.15, 0.2) is 42.7 Å². The van der Waals surface area contributed by atoms with Gasteiger partial charge in [0.1, 0.15) is 5.78 Å². The van der Waals surface area contributed by atoms with Crippen molar-refractivity contribution in [3.05, 3.63) is 53.9 Å². The average molecular weight is 367 g/mol. The number of hydrogen-bond acceptors (Lipinski definition) is 5. The maximum Gasteiger partial charge on any atom is 0.225 e. The summed E-state index contributed by atoms with van der Waals surface area (Å²) in [5, 5.41) is 0. The van der Waals surface area contributed by atoms with Crippen LogP contribution in [0.25, 0.3) is 0 Å². The molecule has 1 aliphatic heterocycles. The largest absolute Gasteiger partial charge is 0.377 e. The lowest BCUT2D eigenvalue weighted by Crippen LogP contribution is -2.31. The van der Waals surface area contributed by atoms with Crippen LogP contribution in [0.4, 0.5) is 5.95 Å². The molecular weight excluding hydrogens is 338 g/mol. The molecule has 0 saturated carbocycles. The maximum atomic E-state index is 12.4. The topological polar surface area (TPSA) is 55.3 Å². The van der Waals surface area contributed by atoms with Gasteiger partial charge < -0.3 is 9.64 Å². The zero-order chi connectivity index (χ0) is 18.9. The van der Waals surface area contributed by atoms with E-state index in [1.807, 2.05) is 49.6 Å². The Morgan fingerprint density at radius 1 is 1.11 bits per heavy atom. The summed E-state index contributed by atoms with van der Waals surface area (Å²) in [6, 6.07) is 10.1. The third-order valence-corrected chi connectivity index (χ3v) is 5.10. The Labute approximate surface area is 161 Å². The van der Waals surface area contributed by atoms with Gasteiger partial charge in [0.05, 0.1) is 6.61 Å². The minimum absolute atomic E-state index is 0.172. The van der Waals surface area contributed by atoms with Crippen molar-refractivity contribution >= 4 is 11.7 Å². The molecule has 1 aliphatic rings. The van der Waals surface area contributed by atoms with Crippen LogP contribution in [0.1, 0.15) is 56.1 Å². The molecule has 0 N–H and O–H groups in total. The fourth-order valence-corrected chi connectivity index (χ4v) is 3.33. The molecule has 1 saturated heterocycles. The molecule has 3 rings (SSSR count). The van der Waals surface area contributed by atoms with E-state index in [1.165, 1.54) is 19.3 Å². The molecule has 1 atom stereocenters. The second-order valence-corrected chi connectivity index (χ2v) is 7.19. The highest BCUT2D eigenvalue weighted by atomic mass is 16.5. The van der Waals surface area contributed by atoms with E-state index in [2.05, 4.69) is 14.9 Å². The van der Waals surface area contributed by atoms with E-state index in [-0.39, 0.29) is 11.7 Å². The van der Waals surface area contributed by atoms with Crippen molar-refractivity contribution < 1.29 is 9.53 Å². The summed E-state index contributed by atoms with van der Waals surface area (Å²) in [5.41, 5.74) is 2.05. The minimum atomic E-state index is -0.172. The van der Waals surface area contributed by atoms with E-state index in [0.29, 0.717) is 19.6 Å². The van der Waals surface area contributed by atoms with Crippen LogP contribution < -0.4 is 4.90 Å². The Bertz CT molecular complexity index is 697. The smallest absolute Gasteiger partial charge is 0.225 e. The van der Waals surface area contributed by atoms with Crippen molar-refractivity contribution in [3.8, 4) is 0 Å². The molecule has 0 spiro atoms. The molecule has 0 aliphatic carbocycles. The van der Waals surface area contributed by atoms with Crippen LogP contribution in [-0.4, -0.2) is 35.4 Å². The van der Waals surface area contributed by atoms with Crippen molar-refractivity contribution in [2.24, 2.45) is 0 Å². The Balaban J connectivity index is 1.40. The molecule has 5 heteroatoms. The number of anilines is 1. The summed E-state index contributed by atoms with van der Waals surface area (Å²) in [7, 11) is 0. The summed E-state index contributed by atoms with van der Waals surface area (Å²) in [4.78, 5) is 23.6. The van der Waals surface area contributed by atoms with Crippen molar-refractivity contribution in [2.45, 2.75) is 51.6 Å². The normalized spacial score (nSPS) is 15.5. The molecule has 2 aromatic rings. The minimum Gasteiger partial charge on any atom is -0.377 e. The molecule has 1 fully saturated rings. The number of piperidine rings is 1. The molecule has 0 bridgehead atoms. The third kappa shape index (κ3) is 5.86. The molecular formula is C22H29N3O2. The molecule has 1 aromatic heterocycles. The predicted molar refractivity (Wildman–Crippen MR) is 107 cm³/mol. The van der Waals surface area contributed by atoms with Gasteiger partial charge in [-0.25, -0.2) is 9.97 Å². The second kappa shape index (κ2) is 10.2. The molecule has 0 amide bonds. The van der Waals surface area contributed by atoms with Crippen LogP contribution in [0.3, 0.4) is 0 Å². The van der Waals surface area contributed by atoms with Crippen LogP contribution in [0.5, 0.6) is 0 Å². The quantitative estimate of drug-likeness (QED) is 0.624. The number of ketones is 1. The van der Waals surface area contributed by atoms with Gasteiger partial charge in [0.25, 0.3) is 0 Å². The molecule has 2 heterocycles. The molecule has 5 nitrogen and oxygen atoms in total. The first-order valence-corrected chi connectivity index (χ1v) is 9.95. The van der Waals surface area contributed by atoms with Crippen molar-refractivity contribution in [1.82, 2.24) is 9.97 Å². The number of benzene rings is 1. The highest BCUT2D eigenvalue weighted by molar-refractivity contribution is 5.85. The van der Waals surface area contributed by atoms with E-state index >= 15 is 0 Å². The average Bonchev–Trinajstić information content (AvgIpc) is 2.74. The number of hydrogen-bond donors (Lipinski definition) is 0. The van der Waals surface area contributed by atoms with E-state index in [1.54, 1.807) is 0 Å². The zero-order valence-electron chi connectivity index (χ0n) is 16.1. The summed E-state index contributed by atoms with van der Waals surface area (Å²) < 4.78 is 5.66. The van der Waals surface area contributed by atoms with Crippen LogP contribution in [-0.2, 0) is 16.1 Å². The Morgan fingerprint density at radius 3 is 2.52 bits per heavy atom. The first-order valence-electron chi connectivity index (χ1n) is 9.95. The Kier molecular flexibility index (Phi) is 7.34. The Morgan fingerprint density at radius 2 is 1.81 bits per heavy atom. The lowest BCUT2D eigenvalue weighted by Gasteiger charge is -2.26. The van der Waals surface area contributed by atoms with E-state index in [4.69, 9.17) is 4.74 Å². The molecule has 1 aromatic carbocycles. The standard InChI is InChI=1S/C22H29N3O2/c1-18(20-15-23-22(24-16-20)25-12-6-3-7-13-25)21(26)11-8-14-27-17-19-9-4-2-5-10-19/h2,4-5,9-10,15-16,18H,3,6-8,11-14,17H2,1H3/t18-/m0/s1. The number of ether oxygens (including phenoxy) is 1. The third-order valence-electron chi connectivity index (χ3n) is 5.10. The fraction of sp³-hybridized carbons (Fsp3) is 0.500. The van der Waals surface area contributed by atoms with Crippen molar-refractivity contribution in [3.63, 3.8) is 0 Å². The molecule has 27 heavy (non-hydrogen) atoms. The van der Waals surface area contributed by atoms with Gasteiger partial charge in [-0.3, -0.25) is 4.79 Å². The summed E-state index contributed by atoms with van der Waals surface area (Å²) >= 11 is 0. The van der Waals surface area contributed by atoms with Crippen LogP contribution in [0.2, 0.25) is 0 Å². The number of nitrogens with zero attached hydrogens (tertiary/aromatic N) is 3. The number of carbonyl (C=O) groups is 1. The molecule has 144 valence electrons. The van der Waals surface area contributed by atoms with Gasteiger partial charge in [-0.15, -0.1) is 0 Å². The fourth-order valence-electron chi connectivity index (χ4n) is 3.33. The Hall–Kier alpha value is -2.27. The van der Waals surface area contributed by atoms with Crippen molar-refractivity contribution in [2.75, 3.05) is 24.6 Å². The van der Waals surface area contributed by atoms with E-state index in [9.17, 15) is 4.79 Å². The number of Topliss-reactive ketones (excluding diaryl/α,β-unsaturated/α-hetero) is 1. The zero-order valence-corrected chi connectivity index (χ0v) is 16.1. The highest BCUT2D eigenvalue weighted by Gasteiger charge is 2.18. The first kappa shape index (κ1) is 19.5. The summed E-state index contributed by atoms with van der Waals surface area (Å²) in [5.74, 6) is 0.828. The predicted octanol–water partition coefficient (Wildman–Crippen LogP) is 4.14. The number of aromatic nitrogens is 2. The molecule has 0 unspecified atom stereocenters. The monoisotopic (exact) mass is 367 g/mol. The van der Waals surface area contributed by atoms with E-state index < -0.39 is 0 Å². The van der Waals surface area contributed by atoms with Gasteiger partial charge in [0.15, 0.2) is 0 Å². The second-order valence-electron chi connectivity index (χ2n) is 7.19. The van der Waals surface area contributed by atoms with Gasteiger partial charge >= 0.3 is 0 Å².